The minimum atomic E-state index is -0.455. The Labute approximate surface area is 177 Å². The summed E-state index contributed by atoms with van der Waals surface area (Å²) in [6.07, 6.45) is 2.51. The van der Waals surface area contributed by atoms with Gasteiger partial charge in [-0.3, -0.25) is 18.7 Å². The summed E-state index contributed by atoms with van der Waals surface area (Å²) in [4.78, 5) is 42.4. The number of benzene rings is 1. The molecule has 0 aliphatic carbocycles. The summed E-state index contributed by atoms with van der Waals surface area (Å²) in [7, 11) is 4.53. The molecule has 3 aromatic rings. The van der Waals surface area contributed by atoms with Crippen molar-refractivity contribution in [2.45, 2.75) is 24.8 Å². The number of anilines is 1. The first kappa shape index (κ1) is 21.8. The van der Waals surface area contributed by atoms with Crippen molar-refractivity contribution in [3.63, 3.8) is 0 Å². The molecule has 0 radical (unpaired) electrons. The minimum Gasteiger partial charge on any atom is -0.380 e. The van der Waals surface area contributed by atoms with Crippen LogP contribution < -0.4 is 16.6 Å². The standard InChI is InChI=1S/C21H24N4O4S/c1-5-13-6-8-15(9-7-13)23-16(26)12-30-18-14(11-29-4)10-22-19-17(18)20(27)25(3)21(28)24(19)2/h6-10H,5,11-12H2,1-4H3,(H,23,26). The number of thioether (sulfide) groups is 1. The Kier molecular flexibility index (Phi) is 6.73. The lowest BCUT2D eigenvalue weighted by Gasteiger charge is -2.14. The Balaban J connectivity index is 1.93. The fourth-order valence-electron chi connectivity index (χ4n) is 3.12. The van der Waals surface area contributed by atoms with Crippen molar-refractivity contribution in [1.29, 1.82) is 0 Å². The monoisotopic (exact) mass is 428 g/mol. The van der Waals surface area contributed by atoms with Crippen LogP contribution in [-0.4, -0.2) is 32.9 Å². The number of carbonyl (C=O) groups is 1. The van der Waals surface area contributed by atoms with E-state index in [1.165, 1.54) is 28.9 Å². The predicted octanol–water partition coefficient (Wildman–Crippen LogP) is 2.07. The van der Waals surface area contributed by atoms with Crippen LogP contribution in [0.1, 0.15) is 18.1 Å². The van der Waals surface area contributed by atoms with E-state index >= 15 is 0 Å². The van der Waals surface area contributed by atoms with Crippen molar-refractivity contribution in [2.24, 2.45) is 14.1 Å². The summed E-state index contributed by atoms with van der Waals surface area (Å²) in [5.74, 6) is -0.101. The minimum absolute atomic E-state index is 0.0946. The quantitative estimate of drug-likeness (QED) is 0.579. The van der Waals surface area contributed by atoms with Crippen molar-refractivity contribution >= 4 is 34.4 Å². The van der Waals surface area contributed by atoms with Gasteiger partial charge in [0.2, 0.25) is 5.91 Å². The van der Waals surface area contributed by atoms with Gasteiger partial charge in [0, 0.05) is 43.5 Å². The number of aromatic nitrogens is 3. The lowest BCUT2D eigenvalue weighted by Crippen LogP contribution is -2.37. The normalized spacial score (nSPS) is 11.1. The van der Waals surface area contributed by atoms with E-state index in [1.54, 1.807) is 20.4 Å². The van der Waals surface area contributed by atoms with Crippen LogP contribution in [0.2, 0.25) is 0 Å². The molecule has 30 heavy (non-hydrogen) atoms. The molecular formula is C21H24N4O4S. The Morgan fingerprint density at radius 2 is 1.87 bits per heavy atom. The largest absolute Gasteiger partial charge is 0.380 e. The number of carbonyl (C=O) groups excluding carboxylic acids is 1. The average Bonchev–Trinajstić information content (AvgIpc) is 2.75. The molecule has 8 nitrogen and oxygen atoms in total. The van der Waals surface area contributed by atoms with Crippen LogP contribution >= 0.6 is 11.8 Å². The van der Waals surface area contributed by atoms with Crippen molar-refractivity contribution in [2.75, 3.05) is 18.2 Å². The molecule has 158 valence electrons. The van der Waals surface area contributed by atoms with Crippen LogP contribution in [0.15, 0.2) is 44.9 Å². The predicted molar refractivity (Wildman–Crippen MR) is 118 cm³/mol. The molecule has 0 spiro atoms. The first-order chi connectivity index (χ1) is 14.4. The van der Waals surface area contributed by atoms with Gasteiger partial charge in [-0.15, -0.1) is 11.8 Å². The number of amides is 1. The number of hydrogen-bond donors (Lipinski definition) is 1. The summed E-state index contributed by atoms with van der Waals surface area (Å²) in [5.41, 5.74) is 1.97. The number of nitrogens with one attached hydrogen (secondary N) is 1. The summed E-state index contributed by atoms with van der Waals surface area (Å²) >= 11 is 1.23. The molecule has 9 heteroatoms. The number of ether oxygens (including phenoxy) is 1. The van der Waals surface area contributed by atoms with Gasteiger partial charge in [-0.05, 0) is 24.1 Å². The van der Waals surface area contributed by atoms with Crippen molar-refractivity contribution in [3.05, 3.63) is 62.4 Å². The zero-order chi connectivity index (χ0) is 21.8. The number of aryl methyl sites for hydroxylation is 2. The molecule has 0 saturated heterocycles. The number of nitrogens with zero attached hydrogens (tertiary/aromatic N) is 3. The maximum Gasteiger partial charge on any atom is 0.332 e. The fourth-order valence-corrected chi connectivity index (χ4v) is 4.09. The number of rotatable bonds is 7. The molecule has 0 fully saturated rings. The lowest BCUT2D eigenvalue weighted by atomic mass is 10.1. The van der Waals surface area contributed by atoms with Crippen molar-refractivity contribution in [3.8, 4) is 0 Å². The number of methoxy groups -OCH3 is 1. The molecule has 0 atom stereocenters. The van der Waals surface area contributed by atoms with Crippen molar-refractivity contribution < 1.29 is 9.53 Å². The zero-order valence-electron chi connectivity index (χ0n) is 17.4. The third-order valence-electron chi connectivity index (χ3n) is 4.79. The van der Waals surface area contributed by atoms with Crippen LogP contribution in [0.5, 0.6) is 0 Å². The third kappa shape index (κ3) is 4.31. The highest BCUT2D eigenvalue weighted by molar-refractivity contribution is 8.00. The molecule has 2 heterocycles. The second-order valence-electron chi connectivity index (χ2n) is 6.84. The topological polar surface area (TPSA) is 95.2 Å². The van der Waals surface area contributed by atoms with Gasteiger partial charge in [0.15, 0.2) is 0 Å². The molecule has 0 aliphatic heterocycles. The molecule has 0 bridgehead atoms. The fraction of sp³-hybridized carbons (Fsp3) is 0.333. The molecule has 0 aliphatic rings. The Hall–Kier alpha value is -2.91. The van der Waals surface area contributed by atoms with E-state index in [9.17, 15) is 14.4 Å². The summed E-state index contributed by atoms with van der Waals surface area (Å²) < 4.78 is 7.60. The Bertz CT molecular complexity index is 1200. The lowest BCUT2D eigenvalue weighted by molar-refractivity contribution is -0.113. The zero-order valence-corrected chi connectivity index (χ0v) is 18.2. The Morgan fingerprint density at radius 3 is 2.50 bits per heavy atom. The average molecular weight is 429 g/mol. The maximum atomic E-state index is 12.8. The third-order valence-corrected chi connectivity index (χ3v) is 5.95. The van der Waals surface area contributed by atoms with Gasteiger partial charge in [0.05, 0.1) is 17.7 Å². The van der Waals surface area contributed by atoms with Crippen LogP contribution in [0.3, 0.4) is 0 Å². The van der Waals surface area contributed by atoms with E-state index < -0.39 is 11.2 Å². The summed E-state index contributed by atoms with van der Waals surface area (Å²) in [6.45, 7) is 2.30. The number of fused-ring (bicyclic) bond motifs is 1. The number of pyridine rings is 1. The van der Waals surface area contributed by atoms with Crippen LogP contribution in [0.25, 0.3) is 11.0 Å². The summed E-state index contributed by atoms with van der Waals surface area (Å²) in [5, 5.41) is 3.17. The number of hydrogen-bond acceptors (Lipinski definition) is 6. The molecule has 1 aromatic carbocycles. The molecular weight excluding hydrogens is 404 g/mol. The van der Waals surface area contributed by atoms with Gasteiger partial charge < -0.3 is 10.1 Å². The van der Waals surface area contributed by atoms with Crippen LogP contribution in [0.4, 0.5) is 5.69 Å². The van der Waals surface area contributed by atoms with E-state index in [0.29, 0.717) is 21.5 Å². The van der Waals surface area contributed by atoms with Crippen LogP contribution in [-0.2, 0) is 36.7 Å². The Morgan fingerprint density at radius 1 is 1.17 bits per heavy atom. The van der Waals surface area contributed by atoms with Gasteiger partial charge in [0.1, 0.15) is 5.65 Å². The van der Waals surface area contributed by atoms with E-state index in [0.717, 1.165) is 11.0 Å². The SMILES string of the molecule is CCc1ccc(NC(=O)CSc2c(COC)cnc3c2c(=O)n(C)c(=O)n3C)cc1. The van der Waals surface area contributed by atoms with Gasteiger partial charge in [0.25, 0.3) is 5.56 Å². The van der Waals surface area contributed by atoms with Crippen molar-refractivity contribution in [1.82, 2.24) is 14.1 Å². The highest BCUT2D eigenvalue weighted by atomic mass is 32.2. The van der Waals surface area contributed by atoms with E-state index in [-0.39, 0.29) is 23.9 Å². The van der Waals surface area contributed by atoms with E-state index in [2.05, 4.69) is 17.2 Å². The summed E-state index contributed by atoms with van der Waals surface area (Å²) in [6, 6.07) is 7.68. The van der Waals surface area contributed by atoms with Crippen LogP contribution in [0, 0.1) is 0 Å². The highest BCUT2D eigenvalue weighted by Gasteiger charge is 2.18. The highest BCUT2D eigenvalue weighted by Crippen LogP contribution is 2.28. The molecule has 0 saturated carbocycles. The smallest absolute Gasteiger partial charge is 0.332 e. The second-order valence-corrected chi connectivity index (χ2v) is 7.82. The van der Waals surface area contributed by atoms with Gasteiger partial charge in [-0.2, -0.15) is 0 Å². The van der Waals surface area contributed by atoms with Gasteiger partial charge in [-0.25, -0.2) is 9.78 Å². The van der Waals surface area contributed by atoms with Gasteiger partial charge in [-0.1, -0.05) is 19.1 Å². The molecule has 0 unspecified atom stereocenters. The molecule has 3 rings (SSSR count). The van der Waals surface area contributed by atoms with Gasteiger partial charge >= 0.3 is 5.69 Å². The first-order valence-electron chi connectivity index (χ1n) is 9.45. The molecule has 2 aromatic heterocycles. The maximum absolute atomic E-state index is 12.8. The molecule has 1 amide bonds. The van der Waals surface area contributed by atoms with E-state index in [1.807, 2.05) is 24.3 Å². The first-order valence-corrected chi connectivity index (χ1v) is 10.4. The van der Waals surface area contributed by atoms with E-state index in [4.69, 9.17) is 4.74 Å². The molecule has 1 N–H and O–H groups in total. The second kappa shape index (κ2) is 9.27.